The van der Waals surface area contributed by atoms with Crippen LogP contribution in [0.1, 0.15) is 44.0 Å². The van der Waals surface area contributed by atoms with Crippen molar-refractivity contribution in [1.29, 1.82) is 0 Å². The molecule has 20 heavy (non-hydrogen) atoms. The predicted octanol–water partition coefficient (Wildman–Crippen LogP) is 2.58. The monoisotopic (exact) mass is 278 g/mol. The van der Waals surface area contributed by atoms with Gasteiger partial charge in [0, 0.05) is 18.2 Å². The van der Waals surface area contributed by atoms with Gasteiger partial charge in [-0.05, 0) is 37.0 Å². The predicted molar refractivity (Wildman–Crippen MR) is 82.0 cm³/mol. The Morgan fingerprint density at radius 2 is 2.15 bits per heavy atom. The van der Waals surface area contributed by atoms with Gasteiger partial charge in [0.2, 0.25) is 0 Å². The first-order valence-electron chi connectivity index (χ1n) is 7.29. The van der Waals surface area contributed by atoms with Gasteiger partial charge >= 0.3 is 0 Å². The Bertz CT molecular complexity index is 419. The van der Waals surface area contributed by atoms with Crippen molar-refractivity contribution in [3.05, 3.63) is 29.8 Å². The van der Waals surface area contributed by atoms with Crippen LogP contribution in [0.3, 0.4) is 0 Å². The molecule has 3 N–H and O–H groups in total. The van der Waals surface area contributed by atoms with Crippen molar-refractivity contribution in [3.63, 3.8) is 0 Å². The van der Waals surface area contributed by atoms with Gasteiger partial charge in [-0.1, -0.05) is 26.8 Å². The van der Waals surface area contributed by atoms with Gasteiger partial charge in [-0.3, -0.25) is 4.79 Å². The molecule has 1 aromatic carbocycles. The Labute approximate surface area is 121 Å². The van der Waals surface area contributed by atoms with Crippen LogP contribution in [0.15, 0.2) is 24.3 Å². The molecule has 0 heterocycles. The van der Waals surface area contributed by atoms with Crippen molar-refractivity contribution in [2.24, 2.45) is 11.7 Å². The molecule has 1 atom stereocenters. The van der Waals surface area contributed by atoms with E-state index in [0.29, 0.717) is 24.6 Å². The van der Waals surface area contributed by atoms with E-state index in [9.17, 15) is 4.79 Å². The number of nitrogens with two attached hydrogens (primary N) is 1. The Morgan fingerprint density at radius 1 is 1.40 bits per heavy atom. The van der Waals surface area contributed by atoms with E-state index in [2.05, 4.69) is 19.2 Å². The van der Waals surface area contributed by atoms with Gasteiger partial charge in [-0.25, -0.2) is 0 Å². The van der Waals surface area contributed by atoms with Gasteiger partial charge in [0.25, 0.3) is 5.91 Å². The van der Waals surface area contributed by atoms with Crippen LogP contribution in [-0.4, -0.2) is 25.1 Å². The molecule has 0 saturated carbocycles. The number of carbonyl (C=O) groups is 1. The third-order valence-corrected chi connectivity index (χ3v) is 2.87. The van der Waals surface area contributed by atoms with Crippen LogP contribution in [0.2, 0.25) is 0 Å². The number of hydrogen-bond donors (Lipinski definition) is 2. The Morgan fingerprint density at radius 3 is 2.80 bits per heavy atom. The molecule has 4 nitrogen and oxygen atoms in total. The Kier molecular flexibility index (Phi) is 7.09. The molecule has 1 amide bonds. The third-order valence-electron chi connectivity index (χ3n) is 2.87. The highest BCUT2D eigenvalue weighted by Crippen LogP contribution is 2.13. The van der Waals surface area contributed by atoms with Crippen LogP contribution in [0.4, 0.5) is 0 Å². The smallest absolute Gasteiger partial charge is 0.251 e. The number of benzene rings is 1. The number of carbonyl (C=O) groups excluding carboxylic acids is 1. The number of ether oxygens (including phenoxy) is 1. The lowest BCUT2D eigenvalue weighted by molar-refractivity contribution is 0.0949. The van der Waals surface area contributed by atoms with Crippen LogP contribution in [0.5, 0.6) is 5.75 Å². The van der Waals surface area contributed by atoms with Crippen LogP contribution < -0.4 is 15.8 Å². The zero-order chi connectivity index (χ0) is 15.0. The molecule has 4 heteroatoms. The van der Waals surface area contributed by atoms with Crippen LogP contribution in [-0.2, 0) is 0 Å². The third kappa shape index (κ3) is 6.06. The first-order valence-corrected chi connectivity index (χ1v) is 7.29. The summed E-state index contributed by atoms with van der Waals surface area (Å²) in [6.07, 6.45) is 1.85. The summed E-state index contributed by atoms with van der Waals surface area (Å²) in [5, 5.41) is 2.87. The molecule has 0 aromatic heterocycles. The van der Waals surface area contributed by atoms with Crippen molar-refractivity contribution in [3.8, 4) is 5.75 Å². The number of nitrogens with one attached hydrogen (secondary N) is 1. The minimum absolute atomic E-state index is 0.00141. The van der Waals surface area contributed by atoms with Crippen LogP contribution >= 0.6 is 0 Å². The van der Waals surface area contributed by atoms with E-state index in [0.717, 1.165) is 18.6 Å². The molecule has 0 aliphatic carbocycles. The van der Waals surface area contributed by atoms with E-state index in [1.54, 1.807) is 12.1 Å². The summed E-state index contributed by atoms with van der Waals surface area (Å²) in [7, 11) is 0. The fraction of sp³-hybridized carbons (Fsp3) is 0.562. The molecule has 0 radical (unpaired) electrons. The van der Waals surface area contributed by atoms with E-state index in [1.165, 1.54) is 0 Å². The molecule has 0 spiro atoms. The minimum atomic E-state index is -0.105. The lowest BCUT2D eigenvalue weighted by Gasteiger charge is -2.15. The molecule has 1 rings (SSSR count). The highest BCUT2D eigenvalue weighted by molar-refractivity contribution is 5.94. The summed E-state index contributed by atoms with van der Waals surface area (Å²) in [4.78, 5) is 12.0. The van der Waals surface area contributed by atoms with Crippen molar-refractivity contribution < 1.29 is 9.53 Å². The average molecular weight is 278 g/mol. The van der Waals surface area contributed by atoms with Crippen LogP contribution in [0.25, 0.3) is 0 Å². The van der Waals surface area contributed by atoms with Gasteiger partial charge in [0.15, 0.2) is 0 Å². The fourth-order valence-electron chi connectivity index (χ4n) is 1.96. The van der Waals surface area contributed by atoms with E-state index in [-0.39, 0.29) is 11.9 Å². The summed E-state index contributed by atoms with van der Waals surface area (Å²) < 4.78 is 5.52. The van der Waals surface area contributed by atoms with Crippen molar-refractivity contribution >= 4 is 5.91 Å². The Hall–Kier alpha value is -1.55. The average Bonchev–Trinajstić information content (AvgIpc) is 2.42. The molecular weight excluding hydrogens is 252 g/mol. The van der Waals surface area contributed by atoms with Crippen molar-refractivity contribution in [2.45, 2.75) is 39.7 Å². The quantitative estimate of drug-likeness (QED) is 0.768. The fourth-order valence-corrected chi connectivity index (χ4v) is 1.96. The van der Waals surface area contributed by atoms with Gasteiger partial charge < -0.3 is 15.8 Å². The zero-order valence-corrected chi connectivity index (χ0v) is 12.7. The van der Waals surface area contributed by atoms with E-state index < -0.39 is 0 Å². The molecule has 112 valence electrons. The largest absolute Gasteiger partial charge is 0.494 e. The minimum Gasteiger partial charge on any atom is -0.494 e. The summed E-state index contributed by atoms with van der Waals surface area (Å²) >= 11 is 0. The second kappa shape index (κ2) is 8.59. The van der Waals surface area contributed by atoms with Gasteiger partial charge in [-0.15, -0.1) is 0 Å². The first-order chi connectivity index (χ1) is 9.52. The normalized spacial score (nSPS) is 12.2. The number of amides is 1. The summed E-state index contributed by atoms with van der Waals surface area (Å²) in [6, 6.07) is 7.23. The van der Waals surface area contributed by atoms with Crippen molar-refractivity contribution in [2.75, 3.05) is 13.2 Å². The van der Waals surface area contributed by atoms with E-state index in [4.69, 9.17) is 10.5 Å². The maximum Gasteiger partial charge on any atom is 0.251 e. The summed E-state index contributed by atoms with van der Waals surface area (Å²) in [5.74, 6) is 1.16. The molecule has 0 bridgehead atoms. The lowest BCUT2D eigenvalue weighted by Crippen LogP contribution is -2.38. The second-order valence-electron chi connectivity index (χ2n) is 5.48. The SMILES string of the molecule is CCCOc1cccc(C(=O)NCC(N)CC(C)C)c1. The van der Waals surface area contributed by atoms with E-state index >= 15 is 0 Å². The molecule has 0 saturated heterocycles. The maximum absolute atomic E-state index is 12.0. The molecule has 0 aliphatic heterocycles. The van der Waals surface area contributed by atoms with E-state index in [1.807, 2.05) is 19.1 Å². The highest BCUT2D eigenvalue weighted by atomic mass is 16.5. The topological polar surface area (TPSA) is 64.3 Å². The zero-order valence-electron chi connectivity index (χ0n) is 12.7. The number of rotatable bonds is 8. The number of hydrogen-bond acceptors (Lipinski definition) is 3. The first kappa shape index (κ1) is 16.5. The Balaban J connectivity index is 2.50. The molecule has 1 unspecified atom stereocenters. The van der Waals surface area contributed by atoms with Crippen LogP contribution in [0, 0.1) is 5.92 Å². The maximum atomic E-state index is 12.0. The second-order valence-corrected chi connectivity index (χ2v) is 5.48. The molecule has 0 aliphatic rings. The van der Waals surface area contributed by atoms with Gasteiger partial charge in [0.05, 0.1) is 6.61 Å². The molecular formula is C16H26N2O2. The van der Waals surface area contributed by atoms with Crippen molar-refractivity contribution in [1.82, 2.24) is 5.32 Å². The molecule has 1 aromatic rings. The summed E-state index contributed by atoms with van der Waals surface area (Å²) in [6.45, 7) is 7.44. The van der Waals surface area contributed by atoms with Gasteiger partial charge in [-0.2, -0.15) is 0 Å². The van der Waals surface area contributed by atoms with Gasteiger partial charge in [0.1, 0.15) is 5.75 Å². The molecule has 0 fully saturated rings. The summed E-state index contributed by atoms with van der Waals surface area (Å²) in [5.41, 5.74) is 6.56. The standard InChI is InChI=1S/C16H26N2O2/c1-4-8-20-15-7-5-6-13(10-15)16(19)18-11-14(17)9-12(2)3/h5-7,10,12,14H,4,8-9,11,17H2,1-3H3,(H,18,19). The highest BCUT2D eigenvalue weighted by Gasteiger charge is 2.10. The lowest BCUT2D eigenvalue weighted by atomic mass is 10.0.